The molecule has 2 bridgehead atoms. The molecule has 3 aliphatic rings. The van der Waals surface area contributed by atoms with Gasteiger partial charge in [-0.1, -0.05) is 36.9 Å². The van der Waals surface area contributed by atoms with Gasteiger partial charge in [0.1, 0.15) is 12.6 Å². The molecule has 1 N–H and O–H groups in total. The highest BCUT2D eigenvalue weighted by atomic mass is 32.2. The van der Waals surface area contributed by atoms with Crippen molar-refractivity contribution >= 4 is 35.2 Å². The molecular weight excluding hydrogens is 476 g/mol. The number of para-hydroxylation sites is 1. The summed E-state index contributed by atoms with van der Waals surface area (Å²) in [7, 11) is 0. The summed E-state index contributed by atoms with van der Waals surface area (Å²) >= 11 is 1.59. The van der Waals surface area contributed by atoms with Crippen LogP contribution in [0.25, 0.3) is 0 Å². The highest BCUT2D eigenvalue weighted by Gasteiger charge is 2.78. The van der Waals surface area contributed by atoms with Crippen molar-refractivity contribution in [3.63, 3.8) is 0 Å². The highest BCUT2D eigenvalue weighted by molar-refractivity contribution is 8.02. The minimum Gasteiger partial charge on any atom is -0.461 e. The van der Waals surface area contributed by atoms with Crippen molar-refractivity contribution in [3.05, 3.63) is 54.6 Å². The summed E-state index contributed by atoms with van der Waals surface area (Å²) in [6.45, 7) is 15.2. The van der Waals surface area contributed by atoms with Crippen LogP contribution in [0.2, 0.25) is 0 Å². The van der Waals surface area contributed by atoms with Crippen molar-refractivity contribution in [1.29, 1.82) is 0 Å². The van der Waals surface area contributed by atoms with E-state index >= 15 is 0 Å². The Balaban J connectivity index is 1.84. The molecule has 6 atom stereocenters. The normalized spacial score (nSPS) is 31.2. The van der Waals surface area contributed by atoms with E-state index in [-0.39, 0.29) is 31.6 Å². The van der Waals surface area contributed by atoms with Gasteiger partial charge in [0.2, 0.25) is 5.91 Å². The smallest absolute Gasteiger partial charge is 0.311 e. The number of benzene rings is 1. The predicted molar refractivity (Wildman–Crippen MR) is 142 cm³/mol. The topological polar surface area (TPSA) is 87.1 Å². The Labute approximate surface area is 217 Å². The number of nitrogens with zero attached hydrogens (tertiary/aromatic N) is 2. The molecule has 2 amide bonds. The van der Waals surface area contributed by atoms with E-state index in [9.17, 15) is 19.5 Å². The standard InChI is InChI=1S/C28H36N2O5S/c1-7-14-29(22-17(3)10-9-11-18(22)4)25(33)23-28-13-12-27(6,36-28)21(26(34)35-15-8-2)20(28)24(32)30(23)19(5)16-31/h7-11,19-21,23,31H,1-2,12-16H2,3-6H3/t19-,20+,21+,23?,27-,28?/m1/s1. The molecule has 8 heteroatoms. The first kappa shape index (κ1) is 26.5. The molecule has 3 aliphatic heterocycles. The van der Waals surface area contributed by atoms with Gasteiger partial charge in [-0.25, -0.2) is 0 Å². The first-order valence-corrected chi connectivity index (χ1v) is 13.3. The molecule has 3 heterocycles. The van der Waals surface area contributed by atoms with Crippen LogP contribution in [-0.4, -0.2) is 69.1 Å². The minimum atomic E-state index is -0.819. The molecular formula is C28H36N2O5S. The van der Waals surface area contributed by atoms with Gasteiger partial charge in [0.05, 0.1) is 29.2 Å². The number of anilines is 1. The maximum absolute atomic E-state index is 14.6. The van der Waals surface area contributed by atoms with Crippen molar-refractivity contribution in [2.75, 3.05) is 24.7 Å². The summed E-state index contributed by atoms with van der Waals surface area (Å²) in [5.41, 5.74) is 2.70. The van der Waals surface area contributed by atoms with Gasteiger partial charge in [-0.3, -0.25) is 14.4 Å². The van der Waals surface area contributed by atoms with Crippen molar-refractivity contribution in [2.24, 2.45) is 11.8 Å². The lowest BCUT2D eigenvalue weighted by atomic mass is 9.66. The lowest BCUT2D eigenvalue weighted by molar-refractivity contribution is -0.155. The maximum Gasteiger partial charge on any atom is 0.311 e. The fourth-order valence-corrected chi connectivity index (χ4v) is 8.92. The van der Waals surface area contributed by atoms with Gasteiger partial charge in [0.25, 0.3) is 5.91 Å². The molecule has 3 saturated heterocycles. The second-order valence-electron chi connectivity index (χ2n) is 10.4. The number of esters is 1. The number of carbonyl (C=O) groups excluding carboxylic acids is 3. The zero-order valence-electron chi connectivity index (χ0n) is 21.5. The van der Waals surface area contributed by atoms with E-state index < -0.39 is 39.4 Å². The molecule has 0 aromatic heterocycles. The molecule has 1 spiro atoms. The number of aliphatic hydroxyl groups excluding tert-OH is 1. The van der Waals surface area contributed by atoms with Gasteiger partial charge in [-0.2, -0.15) is 0 Å². The van der Waals surface area contributed by atoms with Gasteiger partial charge in [-0.05, 0) is 51.7 Å². The summed E-state index contributed by atoms with van der Waals surface area (Å²) in [6.07, 6.45) is 4.53. The lowest BCUT2D eigenvalue weighted by Gasteiger charge is -2.39. The Kier molecular flexibility index (Phi) is 7.14. The minimum absolute atomic E-state index is 0.0722. The van der Waals surface area contributed by atoms with Crippen LogP contribution < -0.4 is 4.90 Å². The Morgan fingerprint density at radius 2 is 1.94 bits per heavy atom. The second kappa shape index (κ2) is 9.71. The van der Waals surface area contributed by atoms with E-state index in [1.54, 1.807) is 34.6 Å². The summed E-state index contributed by atoms with van der Waals surface area (Å²) < 4.78 is 4.17. The first-order valence-electron chi connectivity index (χ1n) is 12.5. The van der Waals surface area contributed by atoms with Crippen LogP contribution >= 0.6 is 11.8 Å². The number of carbonyl (C=O) groups is 3. The van der Waals surface area contributed by atoms with E-state index in [1.165, 1.54) is 6.08 Å². The summed E-state index contributed by atoms with van der Waals surface area (Å²) in [5, 5.41) is 10.1. The number of rotatable bonds is 9. The van der Waals surface area contributed by atoms with Crippen LogP contribution in [0, 0.1) is 25.7 Å². The molecule has 1 aromatic carbocycles. The molecule has 3 fully saturated rings. The Hall–Kier alpha value is -2.58. The van der Waals surface area contributed by atoms with Gasteiger partial charge in [0, 0.05) is 17.0 Å². The van der Waals surface area contributed by atoms with E-state index in [1.807, 2.05) is 39.0 Å². The van der Waals surface area contributed by atoms with E-state index in [2.05, 4.69) is 13.2 Å². The van der Waals surface area contributed by atoms with Crippen LogP contribution in [0.15, 0.2) is 43.5 Å². The third-order valence-corrected chi connectivity index (χ3v) is 10.1. The lowest BCUT2D eigenvalue weighted by Crippen LogP contribution is -2.57. The van der Waals surface area contributed by atoms with Gasteiger partial charge >= 0.3 is 5.97 Å². The molecule has 2 unspecified atom stereocenters. The van der Waals surface area contributed by atoms with Gasteiger partial charge in [0.15, 0.2) is 0 Å². The number of aryl methyl sites for hydroxylation is 2. The molecule has 36 heavy (non-hydrogen) atoms. The van der Waals surface area contributed by atoms with Crippen LogP contribution in [-0.2, 0) is 19.1 Å². The molecule has 4 rings (SSSR count). The molecule has 0 radical (unpaired) electrons. The SMILES string of the molecule is C=CCOC(=O)[C@@H]1[C@H]2C(=O)N([C@H](C)CO)C(C(=O)N(CC=C)c3c(C)cccc3C)C23CC[C@@]1(C)S3. The van der Waals surface area contributed by atoms with E-state index in [0.29, 0.717) is 12.8 Å². The zero-order chi connectivity index (χ0) is 26.4. The summed E-state index contributed by atoms with van der Waals surface area (Å²) in [4.78, 5) is 45.1. The first-order chi connectivity index (χ1) is 17.1. The summed E-state index contributed by atoms with van der Waals surface area (Å²) in [5.74, 6) is -2.24. The number of hydrogen-bond donors (Lipinski definition) is 1. The van der Waals surface area contributed by atoms with Gasteiger partial charge in [-0.15, -0.1) is 18.3 Å². The number of amides is 2. The zero-order valence-corrected chi connectivity index (χ0v) is 22.3. The van der Waals surface area contributed by atoms with Crippen LogP contribution in [0.3, 0.4) is 0 Å². The second-order valence-corrected chi connectivity index (χ2v) is 12.3. The molecule has 194 valence electrons. The Morgan fingerprint density at radius 3 is 2.53 bits per heavy atom. The Morgan fingerprint density at radius 1 is 1.28 bits per heavy atom. The number of fused-ring (bicyclic) bond motifs is 1. The number of ether oxygens (including phenoxy) is 1. The highest BCUT2D eigenvalue weighted by Crippen LogP contribution is 2.71. The van der Waals surface area contributed by atoms with Crippen molar-refractivity contribution in [2.45, 2.75) is 62.1 Å². The third kappa shape index (κ3) is 3.80. The van der Waals surface area contributed by atoms with Crippen LogP contribution in [0.1, 0.15) is 37.8 Å². The monoisotopic (exact) mass is 512 g/mol. The van der Waals surface area contributed by atoms with E-state index in [0.717, 1.165) is 16.8 Å². The molecule has 7 nitrogen and oxygen atoms in total. The largest absolute Gasteiger partial charge is 0.461 e. The average molecular weight is 513 g/mol. The number of hydrogen-bond acceptors (Lipinski definition) is 6. The Bertz CT molecular complexity index is 1090. The summed E-state index contributed by atoms with van der Waals surface area (Å²) in [6, 6.07) is 4.48. The number of likely N-dealkylation sites (tertiary alicyclic amines) is 1. The van der Waals surface area contributed by atoms with Gasteiger partial charge < -0.3 is 19.6 Å². The van der Waals surface area contributed by atoms with Crippen molar-refractivity contribution in [3.8, 4) is 0 Å². The fourth-order valence-electron chi connectivity index (χ4n) is 6.59. The maximum atomic E-state index is 14.6. The fraction of sp³-hybridized carbons (Fsp3) is 0.536. The quantitative estimate of drug-likeness (QED) is 0.403. The number of aliphatic hydroxyl groups is 1. The van der Waals surface area contributed by atoms with Crippen LogP contribution in [0.5, 0.6) is 0 Å². The van der Waals surface area contributed by atoms with E-state index in [4.69, 9.17) is 4.74 Å². The van der Waals surface area contributed by atoms with Crippen molar-refractivity contribution < 1.29 is 24.2 Å². The molecule has 0 aliphatic carbocycles. The predicted octanol–water partition coefficient (Wildman–Crippen LogP) is 3.41. The van der Waals surface area contributed by atoms with Crippen molar-refractivity contribution in [1.82, 2.24) is 4.90 Å². The molecule has 0 saturated carbocycles. The third-order valence-electron chi connectivity index (χ3n) is 8.07. The average Bonchev–Trinajstić information content (AvgIpc) is 3.41. The molecule has 1 aromatic rings. The van der Waals surface area contributed by atoms with Crippen LogP contribution in [0.4, 0.5) is 5.69 Å². The number of thioether (sulfide) groups is 1.